The SMILES string of the molecule is CC(=O)NCCC(=O)N1C2CCC1CC(C(N)Cc1cc(F)c(F)cc1F)C2. The van der Waals surface area contributed by atoms with Crippen LogP contribution in [-0.2, 0) is 16.0 Å². The number of nitrogens with two attached hydrogens (primary N) is 1. The highest BCUT2D eigenvalue weighted by atomic mass is 19.2. The highest BCUT2D eigenvalue weighted by Crippen LogP contribution is 2.40. The number of nitrogens with one attached hydrogen (secondary N) is 1. The lowest BCUT2D eigenvalue weighted by atomic mass is 9.82. The molecule has 2 bridgehead atoms. The van der Waals surface area contributed by atoms with E-state index in [4.69, 9.17) is 5.73 Å². The number of carbonyl (C=O) groups excluding carboxylic acids is 2. The normalized spacial score (nSPS) is 24.9. The van der Waals surface area contributed by atoms with Gasteiger partial charge >= 0.3 is 0 Å². The van der Waals surface area contributed by atoms with Gasteiger partial charge in [0.1, 0.15) is 5.82 Å². The first-order valence-corrected chi connectivity index (χ1v) is 9.70. The Morgan fingerprint density at radius 3 is 2.36 bits per heavy atom. The van der Waals surface area contributed by atoms with E-state index in [9.17, 15) is 22.8 Å². The largest absolute Gasteiger partial charge is 0.356 e. The summed E-state index contributed by atoms with van der Waals surface area (Å²) in [4.78, 5) is 25.4. The molecule has 5 nitrogen and oxygen atoms in total. The maximum Gasteiger partial charge on any atom is 0.224 e. The van der Waals surface area contributed by atoms with Crippen LogP contribution in [0.25, 0.3) is 0 Å². The van der Waals surface area contributed by atoms with Gasteiger partial charge in [0, 0.05) is 44.1 Å². The van der Waals surface area contributed by atoms with Gasteiger partial charge in [-0.25, -0.2) is 13.2 Å². The third kappa shape index (κ3) is 4.48. The second-order valence-corrected chi connectivity index (χ2v) is 7.88. The molecule has 2 fully saturated rings. The monoisotopic (exact) mass is 397 g/mol. The zero-order valence-corrected chi connectivity index (χ0v) is 15.9. The van der Waals surface area contributed by atoms with Gasteiger partial charge in [-0.2, -0.15) is 0 Å². The van der Waals surface area contributed by atoms with Crippen LogP contribution < -0.4 is 11.1 Å². The average molecular weight is 397 g/mol. The molecule has 3 N–H and O–H groups in total. The summed E-state index contributed by atoms with van der Waals surface area (Å²) in [5.74, 6) is -3.13. The lowest BCUT2D eigenvalue weighted by Gasteiger charge is -2.41. The van der Waals surface area contributed by atoms with Crippen molar-refractivity contribution in [3.63, 3.8) is 0 Å². The second-order valence-electron chi connectivity index (χ2n) is 7.88. The first kappa shape index (κ1) is 20.6. The van der Waals surface area contributed by atoms with E-state index in [0.29, 0.717) is 12.6 Å². The smallest absolute Gasteiger partial charge is 0.224 e. The van der Waals surface area contributed by atoms with Crippen LogP contribution in [0.5, 0.6) is 0 Å². The highest BCUT2D eigenvalue weighted by molar-refractivity contribution is 5.79. The molecule has 0 aliphatic carbocycles. The fourth-order valence-electron chi connectivity index (χ4n) is 4.59. The molecule has 2 aliphatic rings. The Bertz CT molecular complexity index is 744. The van der Waals surface area contributed by atoms with Crippen LogP contribution >= 0.6 is 0 Å². The van der Waals surface area contributed by atoms with Crippen molar-refractivity contribution >= 4 is 11.8 Å². The summed E-state index contributed by atoms with van der Waals surface area (Å²) in [6.45, 7) is 1.74. The van der Waals surface area contributed by atoms with Gasteiger partial charge < -0.3 is 16.0 Å². The lowest BCUT2D eigenvalue weighted by Crippen LogP contribution is -2.50. The Labute approximate surface area is 162 Å². The van der Waals surface area contributed by atoms with E-state index in [1.54, 1.807) is 0 Å². The van der Waals surface area contributed by atoms with Crippen LogP contribution in [0.15, 0.2) is 12.1 Å². The number of benzene rings is 1. The summed E-state index contributed by atoms with van der Waals surface area (Å²) >= 11 is 0. The molecule has 2 saturated heterocycles. The standard InChI is InChI=1S/C20H26F3N3O2/c1-11(27)25-5-4-20(28)26-14-2-3-15(26)7-13(6-14)19(24)9-12-8-17(22)18(23)10-16(12)21/h8,10,13-15,19H,2-7,9,24H2,1H3,(H,25,27). The summed E-state index contributed by atoms with van der Waals surface area (Å²) in [5.41, 5.74) is 6.37. The highest BCUT2D eigenvalue weighted by Gasteiger charge is 2.44. The summed E-state index contributed by atoms with van der Waals surface area (Å²) in [7, 11) is 0. The predicted molar refractivity (Wildman–Crippen MR) is 97.7 cm³/mol. The van der Waals surface area contributed by atoms with E-state index in [1.165, 1.54) is 6.92 Å². The van der Waals surface area contributed by atoms with E-state index in [0.717, 1.165) is 31.7 Å². The maximum absolute atomic E-state index is 13.9. The minimum absolute atomic E-state index is 0.0277. The quantitative estimate of drug-likeness (QED) is 0.723. The van der Waals surface area contributed by atoms with Crippen molar-refractivity contribution in [2.75, 3.05) is 6.54 Å². The molecule has 0 radical (unpaired) electrons. The van der Waals surface area contributed by atoms with Crippen molar-refractivity contribution in [2.45, 2.75) is 63.6 Å². The van der Waals surface area contributed by atoms with Crippen LogP contribution in [-0.4, -0.2) is 41.4 Å². The Hall–Kier alpha value is -2.09. The van der Waals surface area contributed by atoms with Crippen LogP contribution in [0, 0.1) is 23.4 Å². The molecule has 2 heterocycles. The number of carbonyl (C=O) groups is 2. The van der Waals surface area contributed by atoms with Gasteiger partial charge in [-0.1, -0.05) is 0 Å². The molecule has 28 heavy (non-hydrogen) atoms. The first-order chi connectivity index (χ1) is 13.3. The molecule has 2 amide bonds. The second kappa shape index (κ2) is 8.51. The summed E-state index contributed by atoms with van der Waals surface area (Å²) < 4.78 is 40.5. The number of rotatable bonds is 6. The van der Waals surface area contributed by atoms with Gasteiger partial charge in [0.2, 0.25) is 11.8 Å². The van der Waals surface area contributed by atoms with Crippen LogP contribution in [0.3, 0.4) is 0 Å². The van der Waals surface area contributed by atoms with Crippen LogP contribution in [0.4, 0.5) is 13.2 Å². The molecule has 154 valence electrons. The molecule has 1 aromatic rings. The summed E-state index contributed by atoms with van der Waals surface area (Å²) in [6.07, 6.45) is 3.63. The Morgan fingerprint density at radius 2 is 1.75 bits per heavy atom. The van der Waals surface area contributed by atoms with E-state index in [1.807, 2.05) is 4.90 Å². The molecule has 8 heteroatoms. The van der Waals surface area contributed by atoms with E-state index >= 15 is 0 Å². The van der Waals surface area contributed by atoms with E-state index < -0.39 is 17.5 Å². The average Bonchev–Trinajstić information content (AvgIpc) is 2.89. The molecular weight excluding hydrogens is 371 g/mol. The fourth-order valence-corrected chi connectivity index (χ4v) is 4.59. The van der Waals surface area contributed by atoms with Crippen LogP contribution in [0.1, 0.15) is 44.6 Å². The zero-order valence-electron chi connectivity index (χ0n) is 15.9. The topological polar surface area (TPSA) is 75.4 Å². The minimum Gasteiger partial charge on any atom is -0.356 e. The van der Waals surface area contributed by atoms with Crippen LogP contribution in [0.2, 0.25) is 0 Å². The molecule has 2 aliphatic heterocycles. The number of amides is 2. The molecule has 1 aromatic carbocycles. The minimum atomic E-state index is -1.21. The lowest BCUT2D eigenvalue weighted by molar-refractivity contribution is -0.136. The van der Waals surface area contributed by atoms with Gasteiger partial charge in [0.05, 0.1) is 0 Å². The molecule has 3 rings (SSSR count). The van der Waals surface area contributed by atoms with Crippen molar-refractivity contribution in [3.05, 3.63) is 35.1 Å². The Kier molecular flexibility index (Phi) is 6.27. The van der Waals surface area contributed by atoms with Gasteiger partial charge in [-0.15, -0.1) is 0 Å². The van der Waals surface area contributed by atoms with Gasteiger partial charge in [0.25, 0.3) is 0 Å². The molecular formula is C20H26F3N3O2. The van der Waals surface area contributed by atoms with Gasteiger partial charge in [-0.05, 0) is 49.7 Å². The molecule has 0 aromatic heterocycles. The molecule has 0 spiro atoms. The Balaban J connectivity index is 1.59. The van der Waals surface area contributed by atoms with Crippen molar-refractivity contribution in [3.8, 4) is 0 Å². The number of hydrogen-bond donors (Lipinski definition) is 2. The molecule has 3 atom stereocenters. The van der Waals surface area contributed by atoms with Crippen molar-refractivity contribution < 1.29 is 22.8 Å². The van der Waals surface area contributed by atoms with Crippen molar-refractivity contribution in [1.29, 1.82) is 0 Å². The first-order valence-electron chi connectivity index (χ1n) is 9.70. The number of halogens is 3. The molecule has 0 saturated carbocycles. The third-order valence-corrected chi connectivity index (χ3v) is 5.92. The Morgan fingerprint density at radius 1 is 1.14 bits per heavy atom. The maximum atomic E-state index is 13.9. The van der Waals surface area contributed by atoms with Gasteiger partial charge in [0.15, 0.2) is 11.6 Å². The number of fused-ring (bicyclic) bond motifs is 2. The third-order valence-electron chi connectivity index (χ3n) is 5.92. The fraction of sp³-hybridized carbons (Fsp3) is 0.600. The zero-order chi connectivity index (χ0) is 20.4. The van der Waals surface area contributed by atoms with Gasteiger partial charge in [-0.3, -0.25) is 9.59 Å². The number of nitrogens with zero attached hydrogens (tertiary/aromatic N) is 1. The number of hydrogen-bond acceptors (Lipinski definition) is 3. The van der Waals surface area contributed by atoms with Crippen molar-refractivity contribution in [2.24, 2.45) is 11.7 Å². The number of piperidine rings is 1. The predicted octanol–water partition coefficient (Wildman–Crippen LogP) is 2.27. The van der Waals surface area contributed by atoms with E-state index in [-0.39, 0.29) is 54.3 Å². The summed E-state index contributed by atoms with van der Waals surface area (Å²) in [6, 6.07) is 1.22. The van der Waals surface area contributed by atoms with E-state index in [2.05, 4.69) is 5.32 Å². The summed E-state index contributed by atoms with van der Waals surface area (Å²) in [5, 5.41) is 2.63. The molecule has 3 unspecified atom stereocenters. The van der Waals surface area contributed by atoms with Crippen molar-refractivity contribution in [1.82, 2.24) is 10.2 Å².